The molecule has 2 aromatic carbocycles. The van der Waals surface area contributed by atoms with Gasteiger partial charge in [-0.15, -0.1) is 0 Å². The Morgan fingerprint density at radius 1 is 1.26 bits per heavy atom. The highest BCUT2D eigenvalue weighted by Gasteiger charge is 2.23. The minimum atomic E-state index is -0.226. The number of hydrogen-bond acceptors (Lipinski definition) is 5. The molecule has 0 spiro atoms. The average molecular weight is 570 g/mol. The molecule has 0 aliphatic heterocycles. The molecule has 9 heteroatoms. The number of aromatic nitrogens is 2. The summed E-state index contributed by atoms with van der Waals surface area (Å²) in [4.78, 5) is 18.2. The van der Waals surface area contributed by atoms with E-state index in [0.717, 1.165) is 30.2 Å². The number of benzene rings is 2. The maximum atomic E-state index is 13.4. The van der Waals surface area contributed by atoms with Crippen LogP contribution in [0.4, 0.5) is 0 Å². The summed E-state index contributed by atoms with van der Waals surface area (Å²) >= 11 is 13.0. The van der Waals surface area contributed by atoms with Gasteiger partial charge < -0.3 is 9.84 Å². The molecule has 31 heavy (non-hydrogen) atoms. The van der Waals surface area contributed by atoms with Crippen LogP contribution in [0, 0.1) is 0 Å². The highest BCUT2D eigenvalue weighted by Crippen LogP contribution is 2.41. The molecule has 162 valence electrons. The fraction of sp³-hybridized carbons (Fsp3) is 0.318. The Kier molecular flexibility index (Phi) is 6.69. The van der Waals surface area contributed by atoms with Crippen LogP contribution in [0.15, 0.2) is 43.1 Å². The van der Waals surface area contributed by atoms with Gasteiger partial charge in [-0.3, -0.25) is 4.79 Å². The van der Waals surface area contributed by atoms with Crippen molar-refractivity contribution in [2.75, 3.05) is 7.11 Å². The van der Waals surface area contributed by atoms with Crippen molar-refractivity contribution in [2.45, 2.75) is 38.0 Å². The van der Waals surface area contributed by atoms with Crippen molar-refractivity contribution in [2.24, 2.45) is 5.10 Å². The second-order valence-corrected chi connectivity index (χ2v) is 9.56. The Labute approximate surface area is 201 Å². The van der Waals surface area contributed by atoms with Crippen LogP contribution in [0.3, 0.4) is 0 Å². The Bertz CT molecular complexity index is 1240. The maximum Gasteiger partial charge on any atom is 0.282 e. The topological polar surface area (TPSA) is 76.7 Å². The lowest BCUT2D eigenvalue weighted by molar-refractivity contribution is 0.373. The SMILES string of the molecule is COc1cc(C=Nn2c(C3CCCCC3)nc3ccc(Br)cc3c2=O)c(Br)c(Cl)c1O. The molecule has 4 rings (SSSR count). The van der Waals surface area contributed by atoms with Crippen LogP contribution in [-0.4, -0.2) is 28.1 Å². The van der Waals surface area contributed by atoms with Gasteiger partial charge in [0.2, 0.25) is 0 Å². The van der Waals surface area contributed by atoms with Gasteiger partial charge in [0.25, 0.3) is 5.56 Å². The van der Waals surface area contributed by atoms with Crippen LogP contribution in [-0.2, 0) is 0 Å². The number of halogens is 3. The van der Waals surface area contributed by atoms with E-state index >= 15 is 0 Å². The Balaban J connectivity index is 1.89. The number of nitrogens with zero attached hydrogens (tertiary/aromatic N) is 3. The highest BCUT2D eigenvalue weighted by atomic mass is 79.9. The van der Waals surface area contributed by atoms with Crippen molar-refractivity contribution in [3.05, 3.63) is 60.0 Å². The van der Waals surface area contributed by atoms with E-state index in [4.69, 9.17) is 21.3 Å². The summed E-state index contributed by atoms with van der Waals surface area (Å²) < 4.78 is 7.84. The molecular formula is C22H20Br2ClN3O3. The van der Waals surface area contributed by atoms with E-state index in [0.29, 0.717) is 26.8 Å². The summed E-state index contributed by atoms with van der Waals surface area (Å²) in [6.45, 7) is 0. The summed E-state index contributed by atoms with van der Waals surface area (Å²) in [6.07, 6.45) is 6.90. The fourth-order valence-corrected chi connectivity index (χ4v) is 4.85. The summed E-state index contributed by atoms with van der Waals surface area (Å²) in [5.41, 5.74) is 1.00. The molecule has 0 atom stereocenters. The van der Waals surface area contributed by atoms with Crippen molar-refractivity contribution >= 4 is 60.6 Å². The molecule has 0 bridgehead atoms. The maximum absolute atomic E-state index is 13.4. The first-order valence-corrected chi connectivity index (χ1v) is 11.9. The average Bonchev–Trinajstić information content (AvgIpc) is 2.79. The van der Waals surface area contributed by atoms with E-state index in [1.165, 1.54) is 24.4 Å². The minimum Gasteiger partial charge on any atom is -0.503 e. The first kappa shape index (κ1) is 22.3. The number of methoxy groups -OCH3 is 1. The third-order valence-corrected chi connectivity index (χ3v) is 7.45. The Morgan fingerprint density at radius 2 is 2.00 bits per heavy atom. The fourth-order valence-electron chi connectivity index (χ4n) is 3.88. The van der Waals surface area contributed by atoms with Crippen LogP contribution >= 0.6 is 43.5 Å². The molecule has 1 aliphatic carbocycles. The lowest BCUT2D eigenvalue weighted by Crippen LogP contribution is -2.25. The standard InChI is InChI=1S/C22H20Br2ClN3O3/c1-31-17-9-13(18(24)19(25)20(17)29)11-26-28-21(12-5-3-2-4-6-12)27-16-8-7-14(23)10-15(16)22(28)30/h7-12,29H,2-6H2,1H3. The van der Waals surface area contributed by atoms with Crippen LogP contribution in [0.1, 0.15) is 49.4 Å². The van der Waals surface area contributed by atoms with Crippen molar-refractivity contribution in [3.8, 4) is 11.5 Å². The molecule has 3 aromatic rings. The van der Waals surface area contributed by atoms with E-state index in [-0.39, 0.29) is 28.0 Å². The lowest BCUT2D eigenvalue weighted by Gasteiger charge is -2.22. The summed E-state index contributed by atoms with van der Waals surface area (Å²) in [7, 11) is 1.44. The predicted molar refractivity (Wildman–Crippen MR) is 130 cm³/mol. The molecule has 0 radical (unpaired) electrons. The van der Waals surface area contributed by atoms with Gasteiger partial charge in [-0.1, -0.05) is 46.8 Å². The molecule has 0 amide bonds. The van der Waals surface area contributed by atoms with Crippen LogP contribution in [0.2, 0.25) is 5.02 Å². The van der Waals surface area contributed by atoms with Crippen molar-refractivity contribution < 1.29 is 9.84 Å². The van der Waals surface area contributed by atoms with Gasteiger partial charge in [-0.05, 0) is 53.0 Å². The zero-order valence-electron chi connectivity index (χ0n) is 16.7. The van der Waals surface area contributed by atoms with E-state index < -0.39 is 0 Å². The number of rotatable bonds is 4. The van der Waals surface area contributed by atoms with Gasteiger partial charge in [-0.25, -0.2) is 4.98 Å². The molecule has 0 unspecified atom stereocenters. The molecular weight excluding hydrogens is 550 g/mol. The van der Waals surface area contributed by atoms with Gasteiger partial charge in [0, 0.05) is 20.4 Å². The van der Waals surface area contributed by atoms with Gasteiger partial charge in [-0.2, -0.15) is 9.78 Å². The number of fused-ring (bicyclic) bond motifs is 1. The first-order chi connectivity index (χ1) is 14.9. The molecule has 0 saturated heterocycles. The second kappa shape index (κ2) is 9.30. The third kappa shape index (κ3) is 4.38. The van der Waals surface area contributed by atoms with E-state index in [1.54, 1.807) is 12.1 Å². The summed E-state index contributed by atoms with van der Waals surface area (Å²) in [5, 5.41) is 15.2. The largest absolute Gasteiger partial charge is 0.503 e. The first-order valence-electron chi connectivity index (χ1n) is 9.92. The van der Waals surface area contributed by atoms with E-state index in [9.17, 15) is 9.90 Å². The van der Waals surface area contributed by atoms with E-state index in [1.807, 2.05) is 12.1 Å². The molecule has 1 aromatic heterocycles. The molecule has 1 N–H and O–H groups in total. The number of phenolic OH excluding ortho intramolecular Hbond substituents is 1. The third-order valence-electron chi connectivity index (χ3n) is 5.51. The van der Waals surface area contributed by atoms with Gasteiger partial charge in [0.15, 0.2) is 11.5 Å². The molecule has 1 heterocycles. The zero-order chi connectivity index (χ0) is 22.1. The quantitative estimate of drug-likeness (QED) is 0.379. The van der Waals surface area contributed by atoms with Crippen molar-refractivity contribution in [3.63, 3.8) is 0 Å². The molecule has 1 fully saturated rings. The van der Waals surface area contributed by atoms with Crippen molar-refractivity contribution in [1.29, 1.82) is 0 Å². The predicted octanol–water partition coefficient (Wildman–Crippen LogP) is 6.22. The number of ether oxygens (including phenoxy) is 1. The number of hydrogen-bond donors (Lipinski definition) is 1. The minimum absolute atomic E-state index is 0.112. The van der Waals surface area contributed by atoms with Gasteiger partial charge in [0.05, 0.1) is 24.2 Å². The zero-order valence-corrected chi connectivity index (χ0v) is 20.7. The monoisotopic (exact) mass is 567 g/mol. The van der Waals surface area contributed by atoms with Gasteiger partial charge >= 0.3 is 0 Å². The van der Waals surface area contributed by atoms with Crippen LogP contribution < -0.4 is 10.3 Å². The summed E-state index contributed by atoms with van der Waals surface area (Å²) in [5.74, 6) is 0.900. The normalized spacial score (nSPS) is 15.1. The van der Waals surface area contributed by atoms with Crippen molar-refractivity contribution in [1.82, 2.24) is 9.66 Å². The van der Waals surface area contributed by atoms with E-state index in [2.05, 4.69) is 37.0 Å². The Hall–Kier alpha value is -1.90. The summed E-state index contributed by atoms with van der Waals surface area (Å²) in [6, 6.07) is 7.10. The Morgan fingerprint density at radius 3 is 2.71 bits per heavy atom. The number of phenols is 1. The molecule has 1 aliphatic rings. The van der Waals surface area contributed by atoms with Gasteiger partial charge in [0.1, 0.15) is 10.8 Å². The van der Waals surface area contributed by atoms with Crippen LogP contribution in [0.5, 0.6) is 11.5 Å². The smallest absolute Gasteiger partial charge is 0.282 e. The highest BCUT2D eigenvalue weighted by molar-refractivity contribution is 9.10. The lowest BCUT2D eigenvalue weighted by atomic mass is 9.88. The van der Waals surface area contributed by atoms with Crippen LogP contribution in [0.25, 0.3) is 10.9 Å². The molecule has 1 saturated carbocycles. The molecule has 6 nitrogen and oxygen atoms in total. The number of aromatic hydroxyl groups is 1. The second-order valence-electron chi connectivity index (χ2n) is 7.47.